The van der Waals surface area contributed by atoms with Crippen molar-refractivity contribution in [2.75, 3.05) is 12.0 Å². The first-order chi connectivity index (χ1) is 17.8. The number of nitrogens with zero attached hydrogens (tertiary/aromatic N) is 2. The van der Waals surface area contributed by atoms with Gasteiger partial charge in [-0.3, -0.25) is 14.5 Å². The van der Waals surface area contributed by atoms with Gasteiger partial charge in [0.05, 0.1) is 28.9 Å². The van der Waals surface area contributed by atoms with Crippen molar-refractivity contribution in [3.8, 4) is 11.5 Å². The van der Waals surface area contributed by atoms with E-state index in [0.29, 0.717) is 33.9 Å². The number of fused-ring (bicyclic) bond motifs is 2. The molecule has 7 nitrogen and oxygen atoms in total. The summed E-state index contributed by atoms with van der Waals surface area (Å²) in [5, 5.41) is 11.9. The molecule has 6 rings (SSSR count). The molecule has 2 atom stereocenters. The Bertz CT molecular complexity index is 1600. The monoisotopic (exact) mass is 512 g/mol. The minimum Gasteiger partial charge on any atom is -0.507 e. The summed E-state index contributed by atoms with van der Waals surface area (Å²) in [5.74, 6) is -0.239. The number of hydrogen-bond acceptors (Lipinski definition) is 7. The molecule has 0 spiro atoms. The van der Waals surface area contributed by atoms with Crippen molar-refractivity contribution in [2.45, 2.75) is 32.4 Å². The van der Waals surface area contributed by atoms with E-state index in [1.54, 1.807) is 25.3 Å². The molecule has 3 aromatic carbocycles. The molecule has 1 N–H and O–H groups in total. The molecule has 0 bridgehead atoms. The maximum Gasteiger partial charge on any atom is 0.301 e. The van der Waals surface area contributed by atoms with Gasteiger partial charge < -0.3 is 14.6 Å². The van der Waals surface area contributed by atoms with Crippen molar-refractivity contribution in [2.24, 2.45) is 0 Å². The smallest absolute Gasteiger partial charge is 0.301 e. The number of benzene rings is 3. The first kappa shape index (κ1) is 23.2. The second kappa shape index (κ2) is 8.74. The number of amides is 1. The van der Waals surface area contributed by atoms with Crippen molar-refractivity contribution in [3.63, 3.8) is 0 Å². The molecule has 0 saturated carbocycles. The summed E-state index contributed by atoms with van der Waals surface area (Å²) in [5.41, 5.74) is 3.91. The fourth-order valence-corrected chi connectivity index (χ4v) is 5.96. The molecule has 0 radical (unpaired) electrons. The van der Waals surface area contributed by atoms with Crippen LogP contribution in [-0.2, 0) is 16.0 Å². The van der Waals surface area contributed by atoms with Gasteiger partial charge in [-0.25, -0.2) is 4.98 Å². The number of ether oxygens (including phenoxy) is 2. The quantitative estimate of drug-likeness (QED) is 0.219. The summed E-state index contributed by atoms with van der Waals surface area (Å²) in [6.45, 7) is 3.95. The number of carbonyl (C=O) groups excluding carboxylic acids is 2. The van der Waals surface area contributed by atoms with Crippen molar-refractivity contribution >= 4 is 44.1 Å². The summed E-state index contributed by atoms with van der Waals surface area (Å²) in [7, 11) is 1.59. The van der Waals surface area contributed by atoms with E-state index in [1.807, 2.05) is 56.3 Å². The zero-order valence-electron chi connectivity index (χ0n) is 20.5. The molecule has 8 heteroatoms. The summed E-state index contributed by atoms with van der Waals surface area (Å²) in [6, 6.07) is 17.6. The Labute approximate surface area is 217 Å². The molecule has 4 aromatic rings. The second-order valence-electron chi connectivity index (χ2n) is 9.36. The minimum absolute atomic E-state index is 0.0394. The molecule has 1 amide bonds. The molecule has 3 heterocycles. The molecular formula is C29H24N2O5S. The maximum absolute atomic E-state index is 13.5. The maximum atomic E-state index is 13.5. The summed E-state index contributed by atoms with van der Waals surface area (Å²) >= 11 is 1.30. The van der Waals surface area contributed by atoms with Crippen LogP contribution >= 0.6 is 11.3 Å². The number of thiazole rings is 1. The summed E-state index contributed by atoms with van der Waals surface area (Å²) < 4.78 is 11.9. The predicted molar refractivity (Wildman–Crippen MR) is 142 cm³/mol. The van der Waals surface area contributed by atoms with E-state index >= 15 is 0 Å². The molecule has 37 heavy (non-hydrogen) atoms. The Balaban J connectivity index is 1.52. The first-order valence-corrected chi connectivity index (χ1v) is 12.8. The number of aryl methyl sites for hydroxylation is 1. The number of carbonyl (C=O) groups is 2. The number of aliphatic hydroxyl groups excluding tert-OH is 1. The van der Waals surface area contributed by atoms with Crippen LogP contribution < -0.4 is 14.4 Å². The van der Waals surface area contributed by atoms with Gasteiger partial charge in [0.1, 0.15) is 23.4 Å². The third-order valence-electron chi connectivity index (χ3n) is 6.80. The Kier molecular flexibility index (Phi) is 5.49. The standard InChI is InChI=1S/C29H24N2O5S/c1-15-4-6-17(7-5-15)25-24(26(32)18-8-11-22-19(13-18)12-16(2)36-22)27(33)28(34)31(25)29-30-21-10-9-20(35-3)14-23(21)37-29/h4-11,13-14,16,25,32H,12H2,1-3H3/b26-24+. The highest BCUT2D eigenvalue weighted by Crippen LogP contribution is 2.45. The van der Waals surface area contributed by atoms with Gasteiger partial charge in [-0.1, -0.05) is 41.2 Å². The number of rotatable bonds is 4. The number of Topliss-reactive ketones (excluding diaryl/α,β-unsaturated/α-hetero) is 1. The van der Waals surface area contributed by atoms with Crippen LogP contribution in [0, 0.1) is 6.92 Å². The minimum atomic E-state index is -0.827. The highest BCUT2D eigenvalue weighted by molar-refractivity contribution is 7.22. The van der Waals surface area contributed by atoms with Gasteiger partial charge in [-0.2, -0.15) is 0 Å². The van der Waals surface area contributed by atoms with Crippen molar-refractivity contribution in [1.82, 2.24) is 4.98 Å². The van der Waals surface area contributed by atoms with Crippen molar-refractivity contribution in [1.29, 1.82) is 0 Å². The Morgan fingerprint density at radius 1 is 1.11 bits per heavy atom. The van der Waals surface area contributed by atoms with Crippen LogP contribution in [0.1, 0.15) is 35.2 Å². The number of anilines is 1. The van der Waals surface area contributed by atoms with Gasteiger partial charge in [0, 0.05) is 12.0 Å². The van der Waals surface area contributed by atoms with Crippen LogP contribution in [0.4, 0.5) is 5.13 Å². The first-order valence-electron chi connectivity index (χ1n) is 12.0. The number of aromatic nitrogens is 1. The summed E-state index contributed by atoms with van der Waals surface area (Å²) in [6.07, 6.45) is 0.754. The third kappa shape index (κ3) is 3.84. The van der Waals surface area contributed by atoms with Gasteiger partial charge in [-0.05, 0) is 61.4 Å². The largest absolute Gasteiger partial charge is 0.507 e. The van der Waals surface area contributed by atoms with Crippen LogP contribution in [0.15, 0.2) is 66.2 Å². The SMILES string of the molecule is COc1ccc2nc(N3C(=O)C(=O)/C(=C(/O)c4ccc5c(c4)CC(C)O5)C3c3ccc(C)cc3)sc2c1. The van der Waals surface area contributed by atoms with Crippen LogP contribution in [0.2, 0.25) is 0 Å². The molecule has 1 aromatic heterocycles. The molecule has 2 aliphatic heterocycles. The van der Waals surface area contributed by atoms with E-state index < -0.39 is 17.7 Å². The molecule has 0 aliphatic carbocycles. The predicted octanol–water partition coefficient (Wildman–Crippen LogP) is 5.56. The van der Waals surface area contributed by atoms with E-state index in [-0.39, 0.29) is 17.4 Å². The lowest BCUT2D eigenvalue weighted by molar-refractivity contribution is -0.132. The number of aliphatic hydroxyl groups is 1. The van der Waals surface area contributed by atoms with Crippen LogP contribution in [0.25, 0.3) is 16.0 Å². The Morgan fingerprint density at radius 2 is 1.89 bits per heavy atom. The molecule has 186 valence electrons. The molecule has 1 saturated heterocycles. The van der Waals surface area contributed by atoms with E-state index in [0.717, 1.165) is 21.6 Å². The lowest BCUT2D eigenvalue weighted by Crippen LogP contribution is -2.29. The molecule has 2 aliphatic rings. The van der Waals surface area contributed by atoms with Gasteiger partial charge in [0.15, 0.2) is 5.13 Å². The Hall–Kier alpha value is -4.17. The lowest BCUT2D eigenvalue weighted by atomic mass is 9.94. The van der Waals surface area contributed by atoms with E-state index in [9.17, 15) is 14.7 Å². The van der Waals surface area contributed by atoms with Gasteiger partial charge in [0.25, 0.3) is 5.78 Å². The van der Waals surface area contributed by atoms with Crippen LogP contribution in [0.3, 0.4) is 0 Å². The molecule has 2 unspecified atom stereocenters. The van der Waals surface area contributed by atoms with E-state index in [1.165, 1.54) is 16.2 Å². The zero-order valence-corrected chi connectivity index (χ0v) is 21.3. The number of methoxy groups -OCH3 is 1. The van der Waals surface area contributed by atoms with E-state index in [4.69, 9.17) is 9.47 Å². The second-order valence-corrected chi connectivity index (χ2v) is 10.4. The van der Waals surface area contributed by atoms with E-state index in [2.05, 4.69) is 4.98 Å². The average molecular weight is 513 g/mol. The number of hydrogen-bond donors (Lipinski definition) is 1. The van der Waals surface area contributed by atoms with Crippen LogP contribution in [0.5, 0.6) is 11.5 Å². The average Bonchev–Trinajstić information content (AvgIpc) is 3.55. The highest BCUT2D eigenvalue weighted by atomic mass is 32.1. The highest BCUT2D eigenvalue weighted by Gasteiger charge is 2.48. The normalized spacial score (nSPS) is 20.4. The van der Waals surface area contributed by atoms with Crippen LogP contribution in [-0.4, -0.2) is 35.0 Å². The van der Waals surface area contributed by atoms with Gasteiger partial charge in [0.2, 0.25) is 0 Å². The fourth-order valence-electron chi connectivity index (χ4n) is 4.94. The van der Waals surface area contributed by atoms with Gasteiger partial charge >= 0.3 is 5.91 Å². The zero-order chi connectivity index (χ0) is 25.8. The topological polar surface area (TPSA) is 89.0 Å². The van der Waals surface area contributed by atoms with Crippen molar-refractivity contribution in [3.05, 3.63) is 88.5 Å². The number of ketones is 1. The fraction of sp³-hybridized carbons (Fsp3) is 0.207. The van der Waals surface area contributed by atoms with Gasteiger partial charge in [-0.15, -0.1) is 0 Å². The van der Waals surface area contributed by atoms with Crippen molar-refractivity contribution < 1.29 is 24.2 Å². The molecular weight excluding hydrogens is 488 g/mol. The summed E-state index contributed by atoms with van der Waals surface area (Å²) in [4.78, 5) is 33.0. The third-order valence-corrected chi connectivity index (χ3v) is 7.81. The lowest BCUT2D eigenvalue weighted by Gasteiger charge is -2.23. The molecule has 1 fully saturated rings. The Morgan fingerprint density at radius 3 is 2.65 bits per heavy atom.